The van der Waals surface area contributed by atoms with E-state index in [0.717, 1.165) is 17.4 Å². The van der Waals surface area contributed by atoms with E-state index >= 15 is 0 Å². The molecule has 0 amide bonds. The van der Waals surface area contributed by atoms with Gasteiger partial charge in [-0.2, -0.15) is 0 Å². The van der Waals surface area contributed by atoms with Crippen molar-refractivity contribution in [3.05, 3.63) is 46.4 Å². The predicted molar refractivity (Wildman–Crippen MR) is 57.1 cm³/mol. The number of anilines is 2. The van der Waals surface area contributed by atoms with Gasteiger partial charge < -0.3 is 5.32 Å². The molecule has 0 fully saturated rings. The van der Waals surface area contributed by atoms with Gasteiger partial charge in [-0.1, -0.05) is 18.2 Å². The SMILES string of the molecule is Cc1ccccc1Nc1nncc(=O)[nH]1. The fourth-order valence-corrected chi connectivity index (χ4v) is 1.21. The highest BCUT2D eigenvalue weighted by Crippen LogP contribution is 2.15. The normalized spacial score (nSPS) is 9.93. The van der Waals surface area contributed by atoms with E-state index in [1.54, 1.807) is 0 Å². The molecule has 2 aromatic rings. The monoisotopic (exact) mass is 202 g/mol. The molecule has 0 bridgehead atoms. The number of H-pyrrole nitrogens is 1. The zero-order valence-electron chi connectivity index (χ0n) is 8.19. The number of rotatable bonds is 2. The summed E-state index contributed by atoms with van der Waals surface area (Å²) in [6.07, 6.45) is 1.13. The maximum atomic E-state index is 11.0. The Morgan fingerprint density at radius 1 is 1.33 bits per heavy atom. The lowest BCUT2D eigenvalue weighted by molar-refractivity contribution is 0.953. The van der Waals surface area contributed by atoms with Crippen molar-refractivity contribution in [1.29, 1.82) is 0 Å². The van der Waals surface area contributed by atoms with E-state index in [0.29, 0.717) is 5.95 Å². The molecule has 1 heterocycles. The maximum Gasteiger partial charge on any atom is 0.271 e. The van der Waals surface area contributed by atoms with Crippen LogP contribution in [0, 0.1) is 6.92 Å². The Kier molecular flexibility index (Phi) is 2.45. The second-order valence-electron chi connectivity index (χ2n) is 3.12. The molecule has 2 N–H and O–H groups in total. The second kappa shape index (κ2) is 3.91. The van der Waals surface area contributed by atoms with Crippen LogP contribution in [0.15, 0.2) is 35.3 Å². The van der Waals surface area contributed by atoms with Gasteiger partial charge in [0.1, 0.15) is 6.20 Å². The number of hydrogen-bond donors (Lipinski definition) is 2. The third-order valence-corrected chi connectivity index (χ3v) is 1.97. The largest absolute Gasteiger partial charge is 0.324 e. The van der Waals surface area contributed by atoms with Crippen LogP contribution in [0.5, 0.6) is 0 Å². The van der Waals surface area contributed by atoms with Crippen LogP contribution >= 0.6 is 0 Å². The number of hydrogen-bond acceptors (Lipinski definition) is 4. The Labute approximate surface area is 86.2 Å². The van der Waals surface area contributed by atoms with E-state index in [4.69, 9.17) is 0 Å². The van der Waals surface area contributed by atoms with E-state index in [1.165, 1.54) is 0 Å². The number of benzene rings is 1. The molecule has 0 saturated heterocycles. The van der Waals surface area contributed by atoms with E-state index in [-0.39, 0.29) is 5.56 Å². The van der Waals surface area contributed by atoms with Crippen molar-refractivity contribution in [2.24, 2.45) is 0 Å². The molecule has 0 atom stereocenters. The quantitative estimate of drug-likeness (QED) is 0.768. The minimum atomic E-state index is -0.277. The molecule has 1 aromatic carbocycles. The Morgan fingerprint density at radius 3 is 2.87 bits per heavy atom. The van der Waals surface area contributed by atoms with Gasteiger partial charge in [0, 0.05) is 5.69 Å². The summed E-state index contributed by atoms with van der Waals surface area (Å²) in [7, 11) is 0. The second-order valence-corrected chi connectivity index (χ2v) is 3.12. The van der Waals surface area contributed by atoms with Crippen LogP contribution in [0.25, 0.3) is 0 Å². The summed E-state index contributed by atoms with van der Waals surface area (Å²) < 4.78 is 0. The molecule has 0 unspecified atom stereocenters. The standard InChI is InChI=1S/C10H10N4O/c1-7-4-2-3-5-8(7)12-10-13-9(15)6-11-14-10/h2-6H,1H3,(H2,12,13,14,15). The first-order chi connectivity index (χ1) is 7.25. The predicted octanol–water partition coefficient (Wildman–Crippen LogP) is 1.22. The Balaban J connectivity index is 2.30. The fraction of sp³-hybridized carbons (Fsp3) is 0.100. The van der Waals surface area contributed by atoms with Crippen molar-refractivity contribution in [2.75, 3.05) is 5.32 Å². The Hall–Kier alpha value is -2.17. The maximum absolute atomic E-state index is 11.0. The molecule has 0 radical (unpaired) electrons. The first-order valence-electron chi connectivity index (χ1n) is 4.50. The Bertz CT molecular complexity index is 521. The van der Waals surface area contributed by atoms with Crippen molar-refractivity contribution >= 4 is 11.6 Å². The van der Waals surface area contributed by atoms with Crippen molar-refractivity contribution in [1.82, 2.24) is 15.2 Å². The minimum Gasteiger partial charge on any atom is -0.324 e. The number of para-hydroxylation sites is 1. The van der Waals surface area contributed by atoms with Crippen LogP contribution in [0.4, 0.5) is 11.6 Å². The summed E-state index contributed by atoms with van der Waals surface area (Å²) in [5.74, 6) is 0.344. The number of aromatic nitrogens is 3. The van der Waals surface area contributed by atoms with E-state index in [1.807, 2.05) is 31.2 Å². The van der Waals surface area contributed by atoms with Gasteiger partial charge >= 0.3 is 0 Å². The topological polar surface area (TPSA) is 70.7 Å². The van der Waals surface area contributed by atoms with E-state index in [9.17, 15) is 4.79 Å². The fourth-order valence-electron chi connectivity index (χ4n) is 1.21. The number of aryl methyl sites for hydroxylation is 1. The zero-order chi connectivity index (χ0) is 10.7. The van der Waals surface area contributed by atoms with Crippen LogP contribution in [0.3, 0.4) is 0 Å². The van der Waals surface area contributed by atoms with Crippen LogP contribution in [0.1, 0.15) is 5.56 Å². The molecule has 0 saturated carbocycles. The summed E-state index contributed by atoms with van der Waals surface area (Å²) in [4.78, 5) is 13.5. The molecule has 0 aliphatic heterocycles. The van der Waals surface area contributed by atoms with Crippen LogP contribution in [0.2, 0.25) is 0 Å². The van der Waals surface area contributed by atoms with E-state index < -0.39 is 0 Å². The van der Waals surface area contributed by atoms with Crippen LogP contribution in [-0.2, 0) is 0 Å². The van der Waals surface area contributed by atoms with Gasteiger partial charge in [0.25, 0.3) is 5.56 Å². The number of aromatic amines is 1. The highest BCUT2D eigenvalue weighted by Gasteiger charge is 1.99. The molecule has 1 aromatic heterocycles. The van der Waals surface area contributed by atoms with Crippen molar-refractivity contribution in [2.45, 2.75) is 6.92 Å². The molecule has 0 aliphatic carbocycles. The average Bonchev–Trinajstić information content (AvgIpc) is 2.22. The van der Waals surface area contributed by atoms with Gasteiger partial charge in [-0.15, -0.1) is 10.2 Å². The van der Waals surface area contributed by atoms with Gasteiger partial charge in [0.15, 0.2) is 0 Å². The third-order valence-electron chi connectivity index (χ3n) is 1.97. The summed E-state index contributed by atoms with van der Waals surface area (Å²) in [5, 5.41) is 10.3. The van der Waals surface area contributed by atoms with Crippen LogP contribution < -0.4 is 10.9 Å². The van der Waals surface area contributed by atoms with Gasteiger partial charge in [0.05, 0.1) is 0 Å². The summed E-state index contributed by atoms with van der Waals surface area (Å²) in [5.41, 5.74) is 1.69. The van der Waals surface area contributed by atoms with Gasteiger partial charge in [-0.3, -0.25) is 9.78 Å². The highest BCUT2D eigenvalue weighted by atomic mass is 16.1. The molecule has 0 aliphatic rings. The van der Waals surface area contributed by atoms with Gasteiger partial charge in [-0.25, -0.2) is 0 Å². The highest BCUT2D eigenvalue weighted by molar-refractivity contribution is 5.57. The molecule has 0 spiro atoms. The molecule has 15 heavy (non-hydrogen) atoms. The zero-order valence-corrected chi connectivity index (χ0v) is 8.19. The van der Waals surface area contributed by atoms with Crippen molar-refractivity contribution in [3.8, 4) is 0 Å². The Morgan fingerprint density at radius 2 is 2.13 bits per heavy atom. The van der Waals surface area contributed by atoms with Crippen LogP contribution in [-0.4, -0.2) is 15.2 Å². The molecule has 5 heteroatoms. The average molecular weight is 202 g/mol. The lowest BCUT2D eigenvalue weighted by Gasteiger charge is -2.06. The number of nitrogens with zero attached hydrogens (tertiary/aromatic N) is 2. The van der Waals surface area contributed by atoms with Crippen molar-refractivity contribution < 1.29 is 0 Å². The minimum absolute atomic E-state index is 0.277. The molecule has 2 rings (SSSR count). The molecule has 76 valence electrons. The van der Waals surface area contributed by atoms with E-state index in [2.05, 4.69) is 20.5 Å². The first-order valence-corrected chi connectivity index (χ1v) is 4.50. The molecular weight excluding hydrogens is 192 g/mol. The summed E-state index contributed by atoms with van der Waals surface area (Å²) in [6.45, 7) is 1.97. The first kappa shape index (κ1) is 9.39. The number of nitrogens with one attached hydrogen (secondary N) is 2. The summed E-state index contributed by atoms with van der Waals surface area (Å²) in [6, 6.07) is 7.73. The van der Waals surface area contributed by atoms with Gasteiger partial charge in [0.2, 0.25) is 5.95 Å². The third kappa shape index (κ3) is 2.19. The lowest BCUT2D eigenvalue weighted by Crippen LogP contribution is -2.10. The van der Waals surface area contributed by atoms with Gasteiger partial charge in [-0.05, 0) is 18.6 Å². The summed E-state index contributed by atoms with van der Waals surface area (Å²) >= 11 is 0. The molecular formula is C10H10N4O. The molecule has 5 nitrogen and oxygen atoms in total. The smallest absolute Gasteiger partial charge is 0.271 e. The van der Waals surface area contributed by atoms with Crippen molar-refractivity contribution in [3.63, 3.8) is 0 Å². The lowest BCUT2D eigenvalue weighted by atomic mass is 10.2.